The van der Waals surface area contributed by atoms with Crippen molar-refractivity contribution in [2.75, 3.05) is 12.3 Å². The molecule has 0 saturated heterocycles. The highest BCUT2D eigenvalue weighted by Gasteiger charge is 2.17. The minimum Gasteiger partial charge on any atom is -0.398 e. The number of hydrogen-bond donors (Lipinski definition) is 1. The van der Waals surface area contributed by atoms with Crippen LogP contribution in [0.2, 0.25) is 5.02 Å². The first-order valence-corrected chi connectivity index (χ1v) is 7.29. The van der Waals surface area contributed by atoms with Crippen LogP contribution in [0, 0.1) is 0 Å². The average Bonchev–Trinajstić information content (AvgIpc) is 2.81. The zero-order valence-electron chi connectivity index (χ0n) is 10.0. The normalized spacial score (nSPS) is 15.6. The Morgan fingerprint density at radius 1 is 1.33 bits per heavy atom. The average molecular weight is 279 g/mol. The highest BCUT2D eigenvalue weighted by Crippen LogP contribution is 2.26. The summed E-state index contributed by atoms with van der Waals surface area (Å²) in [6, 6.07) is 8.16. The van der Waals surface area contributed by atoms with Gasteiger partial charge in [0.15, 0.2) is 0 Å². The maximum Gasteiger partial charge on any atom is 0.0638 e. The highest BCUT2D eigenvalue weighted by molar-refractivity contribution is 7.10. The van der Waals surface area contributed by atoms with Gasteiger partial charge in [0.1, 0.15) is 0 Å². The molecule has 1 aromatic heterocycles. The smallest absolute Gasteiger partial charge is 0.0638 e. The van der Waals surface area contributed by atoms with E-state index < -0.39 is 0 Å². The molecule has 0 fully saturated rings. The molecule has 2 heterocycles. The van der Waals surface area contributed by atoms with Gasteiger partial charge in [-0.2, -0.15) is 0 Å². The number of nitrogens with zero attached hydrogens (tertiary/aromatic N) is 1. The molecular formula is C14H15ClN2S. The Bertz CT molecular complexity index is 565. The lowest BCUT2D eigenvalue weighted by Gasteiger charge is -2.26. The van der Waals surface area contributed by atoms with Crippen LogP contribution in [0.3, 0.4) is 0 Å². The van der Waals surface area contributed by atoms with E-state index in [1.54, 1.807) is 4.88 Å². The molecule has 2 nitrogen and oxygen atoms in total. The largest absolute Gasteiger partial charge is 0.398 e. The summed E-state index contributed by atoms with van der Waals surface area (Å²) in [6.45, 7) is 3.10. The Labute approximate surface area is 116 Å². The van der Waals surface area contributed by atoms with Crippen molar-refractivity contribution in [3.05, 3.63) is 50.7 Å². The van der Waals surface area contributed by atoms with Crippen molar-refractivity contribution >= 4 is 28.6 Å². The molecule has 18 heavy (non-hydrogen) atoms. The summed E-state index contributed by atoms with van der Waals surface area (Å²) in [5.41, 5.74) is 9.09. The number of fused-ring (bicyclic) bond motifs is 1. The minimum absolute atomic E-state index is 0.652. The Balaban J connectivity index is 1.72. The number of anilines is 1. The first kappa shape index (κ1) is 12.0. The first-order valence-electron chi connectivity index (χ1n) is 6.04. The Morgan fingerprint density at radius 2 is 2.22 bits per heavy atom. The molecule has 2 aromatic rings. The van der Waals surface area contributed by atoms with Crippen molar-refractivity contribution in [1.29, 1.82) is 0 Å². The molecule has 94 valence electrons. The van der Waals surface area contributed by atoms with Gasteiger partial charge in [-0.25, -0.2) is 0 Å². The predicted molar refractivity (Wildman–Crippen MR) is 78.0 cm³/mol. The van der Waals surface area contributed by atoms with Gasteiger partial charge >= 0.3 is 0 Å². The van der Waals surface area contributed by atoms with Crippen LogP contribution in [0.1, 0.15) is 16.0 Å². The van der Waals surface area contributed by atoms with Gasteiger partial charge in [0, 0.05) is 24.5 Å². The highest BCUT2D eigenvalue weighted by atomic mass is 35.5. The van der Waals surface area contributed by atoms with E-state index in [0.717, 1.165) is 26.1 Å². The number of hydrogen-bond acceptors (Lipinski definition) is 3. The molecular weight excluding hydrogens is 264 g/mol. The van der Waals surface area contributed by atoms with Crippen LogP contribution in [0.4, 0.5) is 5.69 Å². The molecule has 0 bridgehead atoms. The van der Waals surface area contributed by atoms with Gasteiger partial charge < -0.3 is 5.73 Å². The van der Waals surface area contributed by atoms with Crippen molar-refractivity contribution in [3.63, 3.8) is 0 Å². The number of nitrogens with two attached hydrogens (primary N) is 1. The maximum absolute atomic E-state index is 6.05. The second kappa shape index (κ2) is 4.92. The van der Waals surface area contributed by atoms with E-state index in [1.807, 2.05) is 23.5 Å². The van der Waals surface area contributed by atoms with Gasteiger partial charge in [0.25, 0.3) is 0 Å². The van der Waals surface area contributed by atoms with Gasteiger partial charge in [-0.15, -0.1) is 11.3 Å². The molecule has 0 aliphatic carbocycles. The third-order valence-electron chi connectivity index (χ3n) is 3.36. The number of benzene rings is 1. The summed E-state index contributed by atoms with van der Waals surface area (Å²) < 4.78 is 0. The number of rotatable bonds is 2. The summed E-state index contributed by atoms with van der Waals surface area (Å²) in [5.74, 6) is 0. The van der Waals surface area contributed by atoms with E-state index in [0.29, 0.717) is 10.7 Å². The summed E-state index contributed by atoms with van der Waals surface area (Å²) in [7, 11) is 0. The van der Waals surface area contributed by atoms with Crippen molar-refractivity contribution in [2.45, 2.75) is 19.5 Å². The van der Waals surface area contributed by atoms with Crippen LogP contribution in [-0.2, 0) is 19.5 Å². The molecule has 1 aromatic carbocycles. The molecule has 1 aliphatic heterocycles. The van der Waals surface area contributed by atoms with Crippen LogP contribution >= 0.6 is 22.9 Å². The van der Waals surface area contributed by atoms with Crippen LogP contribution < -0.4 is 5.73 Å². The zero-order chi connectivity index (χ0) is 12.5. The van der Waals surface area contributed by atoms with Crippen molar-refractivity contribution in [2.24, 2.45) is 0 Å². The van der Waals surface area contributed by atoms with Crippen LogP contribution in [0.5, 0.6) is 0 Å². The second-order valence-corrected chi connectivity index (χ2v) is 6.09. The van der Waals surface area contributed by atoms with Crippen LogP contribution in [-0.4, -0.2) is 11.4 Å². The van der Waals surface area contributed by atoms with E-state index in [-0.39, 0.29) is 0 Å². The van der Waals surface area contributed by atoms with Gasteiger partial charge in [0.05, 0.1) is 10.7 Å². The lowest BCUT2D eigenvalue weighted by molar-refractivity contribution is 0.247. The van der Waals surface area contributed by atoms with Gasteiger partial charge in [-0.3, -0.25) is 4.90 Å². The molecule has 1 aliphatic rings. The Kier molecular flexibility index (Phi) is 3.29. The number of thiophene rings is 1. The summed E-state index contributed by atoms with van der Waals surface area (Å²) in [6.07, 6.45) is 1.16. The minimum atomic E-state index is 0.652. The molecule has 4 heteroatoms. The van der Waals surface area contributed by atoms with Crippen LogP contribution in [0.25, 0.3) is 0 Å². The van der Waals surface area contributed by atoms with Crippen molar-refractivity contribution < 1.29 is 0 Å². The van der Waals surface area contributed by atoms with Gasteiger partial charge in [0.2, 0.25) is 0 Å². The quantitative estimate of drug-likeness (QED) is 0.852. The second-order valence-electron chi connectivity index (χ2n) is 4.69. The fourth-order valence-corrected chi connectivity index (χ4v) is 3.46. The lowest BCUT2D eigenvalue weighted by atomic mass is 10.1. The van der Waals surface area contributed by atoms with E-state index in [1.165, 1.54) is 11.1 Å². The SMILES string of the molecule is Nc1ccc(CN2CCc3sccc3C2)cc1Cl. The first-order chi connectivity index (χ1) is 8.72. The lowest BCUT2D eigenvalue weighted by Crippen LogP contribution is -2.29. The zero-order valence-corrected chi connectivity index (χ0v) is 11.6. The maximum atomic E-state index is 6.05. The van der Waals surface area contributed by atoms with E-state index >= 15 is 0 Å². The topological polar surface area (TPSA) is 29.3 Å². The Morgan fingerprint density at radius 3 is 3.06 bits per heavy atom. The van der Waals surface area contributed by atoms with Crippen LogP contribution in [0.15, 0.2) is 29.6 Å². The van der Waals surface area contributed by atoms with Crippen molar-refractivity contribution in [3.8, 4) is 0 Å². The molecule has 0 saturated carbocycles. The molecule has 0 unspecified atom stereocenters. The van der Waals surface area contributed by atoms with E-state index in [9.17, 15) is 0 Å². The molecule has 0 amide bonds. The number of nitrogen functional groups attached to an aromatic ring is 1. The summed E-state index contributed by atoms with van der Waals surface area (Å²) in [5, 5.41) is 2.84. The Hall–Kier alpha value is -1.03. The monoisotopic (exact) mass is 278 g/mol. The third kappa shape index (κ3) is 2.39. The predicted octanol–water partition coefficient (Wildman–Crippen LogP) is 3.54. The van der Waals surface area contributed by atoms with Gasteiger partial charge in [-0.1, -0.05) is 17.7 Å². The third-order valence-corrected chi connectivity index (χ3v) is 4.71. The molecule has 3 rings (SSSR count). The van der Waals surface area contributed by atoms with E-state index in [4.69, 9.17) is 17.3 Å². The number of halogens is 1. The molecule has 0 atom stereocenters. The standard InChI is InChI=1S/C14H15ClN2S/c15-12-7-10(1-2-13(12)16)8-17-5-3-14-11(9-17)4-6-18-14/h1-2,4,6-7H,3,5,8-9,16H2. The summed E-state index contributed by atoms with van der Waals surface area (Å²) in [4.78, 5) is 4.00. The summed E-state index contributed by atoms with van der Waals surface area (Å²) >= 11 is 7.93. The van der Waals surface area contributed by atoms with Crippen molar-refractivity contribution in [1.82, 2.24) is 4.90 Å². The van der Waals surface area contributed by atoms with Gasteiger partial charge in [-0.05, 0) is 41.1 Å². The fourth-order valence-electron chi connectivity index (χ4n) is 2.37. The molecule has 0 radical (unpaired) electrons. The fraction of sp³-hybridized carbons (Fsp3) is 0.286. The van der Waals surface area contributed by atoms with E-state index in [2.05, 4.69) is 22.4 Å². The molecule has 2 N–H and O–H groups in total. The molecule has 0 spiro atoms.